The van der Waals surface area contributed by atoms with E-state index < -0.39 is 29.2 Å². The van der Waals surface area contributed by atoms with Gasteiger partial charge in [0.05, 0.1) is 23.2 Å². The van der Waals surface area contributed by atoms with Crippen molar-refractivity contribution in [3.8, 4) is 0 Å². The van der Waals surface area contributed by atoms with Crippen LogP contribution < -0.4 is 5.46 Å². The van der Waals surface area contributed by atoms with Crippen molar-refractivity contribution in [3.63, 3.8) is 0 Å². The summed E-state index contributed by atoms with van der Waals surface area (Å²) in [4.78, 5) is 22.1. The van der Waals surface area contributed by atoms with Crippen LogP contribution in [-0.4, -0.2) is 36.3 Å². The molecule has 8 heteroatoms. The summed E-state index contributed by atoms with van der Waals surface area (Å²) in [5, 5.41) is 11.0. The minimum absolute atomic E-state index is 0.125. The molecule has 1 fully saturated rings. The Balaban J connectivity index is 2.42. The molecule has 0 amide bonds. The van der Waals surface area contributed by atoms with Gasteiger partial charge in [-0.1, -0.05) is 6.07 Å². The smallest absolute Gasteiger partial charge is 0.465 e. The molecule has 1 heterocycles. The summed E-state index contributed by atoms with van der Waals surface area (Å²) < 4.78 is 16.4. The third-order valence-electron chi connectivity index (χ3n) is 4.15. The molecule has 22 heavy (non-hydrogen) atoms. The second-order valence-electron chi connectivity index (χ2n) is 6.11. The van der Waals surface area contributed by atoms with Gasteiger partial charge in [-0.2, -0.15) is 0 Å². The molecule has 0 unspecified atom stereocenters. The molecule has 0 spiro atoms. The van der Waals surface area contributed by atoms with Crippen LogP contribution in [0, 0.1) is 10.1 Å². The number of rotatable bonds is 3. The average Bonchev–Trinajstić information content (AvgIpc) is 2.65. The lowest BCUT2D eigenvalue weighted by molar-refractivity contribution is -0.385. The number of hydrogen-bond donors (Lipinski definition) is 0. The molecule has 0 aliphatic carbocycles. The molecule has 1 aliphatic rings. The molecule has 2 rings (SSSR count). The standard InChI is InChI=1S/C14H18BNO6/c1-13(2)14(3,4)22-15(21-13)9-6-7-11(16(18)19)10(8-9)12(17)20-5/h6-8H,1-5H3. The maximum Gasteiger partial charge on any atom is 0.494 e. The first-order valence-corrected chi connectivity index (χ1v) is 6.81. The fourth-order valence-corrected chi connectivity index (χ4v) is 2.11. The molecule has 0 saturated carbocycles. The Morgan fingerprint density at radius 2 is 1.77 bits per heavy atom. The average molecular weight is 307 g/mol. The largest absolute Gasteiger partial charge is 0.494 e. The number of esters is 1. The van der Waals surface area contributed by atoms with E-state index in [0.717, 1.165) is 0 Å². The predicted molar refractivity (Wildman–Crippen MR) is 80.2 cm³/mol. The van der Waals surface area contributed by atoms with Crippen molar-refractivity contribution in [2.45, 2.75) is 38.9 Å². The Morgan fingerprint density at radius 3 is 2.23 bits per heavy atom. The summed E-state index contributed by atoms with van der Waals surface area (Å²) in [5.41, 5.74) is -0.980. The number of methoxy groups -OCH3 is 1. The third kappa shape index (κ3) is 2.71. The van der Waals surface area contributed by atoms with Gasteiger partial charge in [-0.25, -0.2) is 4.79 Å². The van der Waals surface area contributed by atoms with Gasteiger partial charge in [0.2, 0.25) is 0 Å². The summed E-state index contributed by atoms with van der Waals surface area (Å²) in [5.74, 6) is -0.773. The lowest BCUT2D eigenvalue weighted by Gasteiger charge is -2.32. The summed E-state index contributed by atoms with van der Waals surface area (Å²) >= 11 is 0. The highest BCUT2D eigenvalue weighted by atomic mass is 16.7. The van der Waals surface area contributed by atoms with Crippen LogP contribution in [0.5, 0.6) is 0 Å². The lowest BCUT2D eigenvalue weighted by atomic mass is 9.78. The quantitative estimate of drug-likeness (QED) is 0.365. The molecule has 0 aromatic heterocycles. The van der Waals surface area contributed by atoms with Crippen molar-refractivity contribution in [1.82, 2.24) is 0 Å². The Kier molecular flexibility index (Phi) is 4.01. The van der Waals surface area contributed by atoms with Crippen LogP contribution >= 0.6 is 0 Å². The number of hydrogen-bond acceptors (Lipinski definition) is 6. The van der Waals surface area contributed by atoms with E-state index in [1.807, 2.05) is 27.7 Å². The number of ether oxygens (including phenoxy) is 1. The Labute approximate surface area is 128 Å². The topological polar surface area (TPSA) is 87.9 Å². The molecule has 1 aliphatic heterocycles. The number of nitro groups is 1. The Bertz CT molecular complexity index is 612. The van der Waals surface area contributed by atoms with Crippen molar-refractivity contribution in [2.24, 2.45) is 0 Å². The molecular weight excluding hydrogens is 289 g/mol. The van der Waals surface area contributed by atoms with E-state index in [9.17, 15) is 14.9 Å². The molecule has 1 aromatic rings. The SMILES string of the molecule is COC(=O)c1cc(B2OC(C)(C)C(C)(C)O2)ccc1[N+](=O)[O-]. The van der Waals surface area contributed by atoms with Crippen molar-refractivity contribution in [1.29, 1.82) is 0 Å². The number of benzene rings is 1. The molecule has 0 bridgehead atoms. The van der Waals surface area contributed by atoms with Gasteiger partial charge < -0.3 is 14.0 Å². The van der Waals surface area contributed by atoms with E-state index in [2.05, 4.69) is 4.74 Å². The van der Waals surface area contributed by atoms with Crippen LogP contribution in [0.1, 0.15) is 38.1 Å². The minimum Gasteiger partial charge on any atom is -0.465 e. The van der Waals surface area contributed by atoms with E-state index >= 15 is 0 Å². The van der Waals surface area contributed by atoms with Crippen molar-refractivity contribution in [3.05, 3.63) is 33.9 Å². The van der Waals surface area contributed by atoms with Gasteiger partial charge in [0.15, 0.2) is 0 Å². The van der Waals surface area contributed by atoms with E-state index in [1.165, 1.54) is 25.3 Å². The first-order valence-electron chi connectivity index (χ1n) is 6.81. The molecule has 0 N–H and O–H groups in total. The molecule has 118 valence electrons. The number of nitrogens with zero attached hydrogens (tertiary/aromatic N) is 1. The van der Waals surface area contributed by atoms with Gasteiger partial charge in [-0.15, -0.1) is 0 Å². The maximum atomic E-state index is 11.8. The number of nitro benzene ring substituents is 1. The normalized spacial score (nSPS) is 19.0. The molecule has 7 nitrogen and oxygen atoms in total. The van der Waals surface area contributed by atoms with E-state index in [-0.39, 0.29) is 11.3 Å². The monoisotopic (exact) mass is 307 g/mol. The third-order valence-corrected chi connectivity index (χ3v) is 4.15. The Morgan fingerprint density at radius 1 is 1.23 bits per heavy atom. The van der Waals surface area contributed by atoms with Crippen molar-refractivity contribution >= 4 is 24.2 Å². The summed E-state index contributed by atoms with van der Waals surface area (Å²) in [6.45, 7) is 7.61. The summed E-state index contributed by atoms with van der Waals surface area (Å²) in [6.07, 6.45) is 0. The van der Waals surface area contributed by atoms with E-state index in [0.29, 0.717) is 5.46 Å². The van der Waals surface area contributed by atoms with Crippen LogP contribution in [0.25, 0.3) is 0 Å². The highest BCUT2D eigenvalue weighted by Gasteiger charge is 2.52. The van der Waals surface area contributed by atoms with Gasteiger partial charge in [0, 0.05) is 6.07 Å². The van der Waals surface area contributed by atoms with Gasteiger partial charge in [0.25, 0.3) is 5.69 Å². The molecule has 1 aromatic carbocycles. The van der Waals surface area contributed by atoms with E-state index in [1.54, 1.807) is 0 Å². The van der Waals surface area contributed by atoms with Gasteiger partial charge in [-0.3, -0.25) is 10.1 Å². The second kappa shape index (κ2) is 5.37. The summed E-state index contributed by atoms with van der Waals surface area (Å²) in [6, 6.07) is 4.16. The second-order valence-corrected chi connectivity index (χ2v) is 6.11. The zero-order chi connectivity index (χ0) is 16.7. The molecule has 1 saturated heterocycles. The van der Waals surface area contributed by atoms with E-state index in [4.69, 9.17) is 9.31 Å². The fraction of sp³-hybridized carbons (Fsp3) is 0.500. The van der Waals surface area contributed by atoms with Crippen molar-refractivity contribution < 1.29 is 23.8 Å². The lowest BCUT2D eigenvalue weighted by Crippen LogP contribution is -2.41. The highest BCUT2D eigenvalue weighted by Crippen LogP contribution is 2.36. The number of carbonyl (C=O) groups excluding carboxylic acids is 1. The molecule has 0 radical (unpaired) electrons. The zero-order valence-electron chi connectivity index (χ0n) is 13.2. The zero-order valence-corrected chi connectivity index (χ0v) is 13.2. The van der Waals surface area contributed by atoms with Crippen LogP contribution in [0.2, 0.25) is 0 Å². The first kappa shape index (κ1) is 16.4. The Hall–Kier alpha value is -1.93. The number of carbonyl (C=O) groups is 1. The van der Waals surface area contributed by atoms with Crippen molar-refractivity contribution in [2.75, 3.05) is 7.11 Å². The van der Waals surface area contributed by atoms with Gasteiger partial charge in [0.1, 0.15) is 5.56 Å². The highest BCUT2D eigenvalue weighted by molar-refractivity contribution is 6.62. The van der Waals surface area contributed by atoms with Gasteiger partial charge in [-0.05, 0) is 39.2 Å². The van der Waals surface area contributed by atoms with Gasteiger partial charge >= 0.3 is 13.1 Å². The fourth-order valence-electron chi connectivity index (χ4n) is 2.11. The first-order chi connectivity index (χ1) is 10.1. The maximum absolute atomic E-state index is 11.8. The van der Waals surface area contributed by atoms with Crippen LogP contribution in [0.4, 0.5) is 5.69 Å². The minimum atomic E-state index is -0.773. The summed E-state index contributed by atoms with van der Waals surface area (Å²) in [7, 11) is 0.474. The molecular formula is C14H18BNO6. The van der Waals surface area contributed by atoms with Crippen LogP contribution in [-0.2, 0) is 14.0 Å². The van der Waals surface area contributed by atoms with Crippen LogP contribution in [0.3, 0.4) is 0 Å². The molecule has 0 atom stereocenters. The van der Waals surface area contributed by atoms with Crippen LogP contribution in [0.15, 0.2) is 18.2 Å². The predicted octanol–water partition coefficient (Wildman–Crippen LogP) is 1.68.